The lowest BCUT2D eigenvalue weighted by Crippen LogP contribution is -2.44. The van der Waals surface area contributed by atoms with Crippen LogP contribution in [0.1, 0.15) is 12.0 Å². The van der Waals surface area contributed by atoms with Crippen molar-refractivity contribution in [2.24, 2.45) is 4.99 Å². The van der Waals surface area contributed by atoms with Crippen LogP contribution < -0.4 is 19.5 Å². The number of aliphatic imine (C=N–C) groups is 1. The van der Waals surface area contributed by atoms with Crippen LogP contribution in [0, 0.1) is 0 Å². The number of rotatable bonds is 8. The molecule has 3 aromatic carbocycles. The summed E-state index contributed by atoms with van der Waals surface area (Å²) < 4.78 is 15.6. The summed E-state index contributed by atoms with van der Waals surface area (Å²) in [6, 6.07) is 21.8. The number of carbonyl (C=O) groups is 2. The molecule has 0 saturated carbocycles. The SMILES string of the molecule is COc1ccc(CN2C(=O)C[C@@H](C(=O)Nc3ccc(OC)cc3)SC2=Nc2ccc(OC)cc2)cc1. The van der Waals surface area contributed by atoms with Crippen molar-refractivity contribution in [2.45, 2.75) is 18.2 Å². The van der Waals surface area contributed by atoms with Crippen molar-refractivity contribution < 1.29 is 23.8 Å². The number of carbonyl (C=O) groups excluding carboxylic acids is 2. The van der Waals surface area contributed by atoms with Crippen LogP contribution in [0.25, 0.3) is 0 Å². The second kappa shape index (κ2) is 11.6. The molecule has 1 fully saturated rings. The number of thioether (sulfide) groups is 1. The highest BCUT2D eigenvalue weighted by Gasteiger charge is 2.36. The third-order valence-electron chi connectivity index (χ3n) is 5.59. The second-order valence-corrected chi connectivity index (χ2v) is 9.12. The maximum absolute atomic E-state index is 13.3. The van der Waals surface area contributed by atoms with Gasteiger partial charge in [0.15, 0.2) is 5.17 Å². The summed E-state index contributed by atoms with van der Waals surface area (Å²) in [5, 5.41) is 2.73. The highest BCUT2D eigenvalue weighted by molar-refractivity contribution is 8.15. The standard InChI is InChI=1S/C27H27N3O5S/c1-33-21-10-4-18(5-11-21)17-30-25(31)16-24(26(32)28-19-6-12-22(34-2)13-7-19)36-27(30)29-20-8-14-23(35-3)15-9-20/h4-15,24H,16-17H2,1-3H3,(H,28,32)/t24-/m0/s1. The van der Waals surface area contributed by atoms with Crippen molar-refractivity contribution in [1.82, 2.24) is 4.90 Å². The predicted octanol–water partition coefficient (Wildman–Crippen LogP) is 4.87. The first kappa shape index (κ1) is 25.1. The van der Waals surface area contributed by atoms with E-state index in [1.54, 1.807) is 62.6 Å². The molecule has 1 aliphatic rings. The first-order chi connectivity index (χ1) is 17.5. The summed E-state index contributed by atoms with van der Waals surface area (Å²) in [6.45, 7) is 0.331. The number of benzene rings is 3. The molecule has 0 radical (unpaired) electrons. The number of amidine groups is 1. The summed E-state index contributed by atoms with van der Waals surface area (Å²) in [7, 11) is 4.79. The fourth-order valence-corrected chi connectivity index (χ4v) is 4.67. The zero-order valence-corrected chi connectivity index (χ0v) is 21.1. The molecule has 1 atom stereocenters. The van der Waals surface area contributed by atoms with Gasteiger partial charge in [0.05, 0.1) is 33.6 Å². The van der Waals surface area contributed by atoms with E-state index in [2.05, 4.69) is 5.32 Å². The molecule has 0 spiro atoms. The van der Waals surface area contributed by atoms with Gasteiger partial charge < -0.3 is 19.5 Å². The molecule has 1 heterocycles. The highest BCUT2D eigenvalue weighted by Crippen LogP contribution is 2.32. The van der Waals surface area contributed by atoms with Crippen molar-refractivity contribution in [3.05, 3.63) is 78.4 Å². The Balaban J connectivity index is 1.57. The molecule has 36 heavy (non-hydrogen) atoms. The summed E-state index contributed by atoms with van der Waals surface area (Å²) >= 11 is 1.27. The van der Waals surface area contributed by atoms with Gasteiger partial charge in [0.25, 0.3) is 0 Å². The number of methoxy groups -OCH3 is 3. The van der Waals surface area contributed by atoms with Gasteiger partial charge in [-0.1, -0.05) is 23.9 Å². The number of hydrogen-bond donors (Lipinski definition) is 1. The molecule has 1 saturated heterocycles. The van der Waals surface area contributed by atoms with E-state index in [1.165, 1.54) is 11.8 Å². The average Bonchev–Trinajstić information content (AvgIpc) is 2.91. The summed E-state index contributed by atoms with van der Waals surface area (Å²) in [5.41, 5.74) is 2.21. The van der Waals surface area contributed by atoms with Gasteiger partial charge in [0.1, 0.15) is 22.5 Å². The molecule has 3 aromatic rings. The first-order valence-corrected chi connectivity index (χ1v) is 12.1. The predicted molar refractivity (Wildman–Crippen MR) is 141 cm³/mol. The largest absolute Gasteiger partial charge is 0.497 e. The van der Waals surface area contributed by atoms with Crippen molar-refractivity contribution in [3.63, 3.8) is 0 Å². The maximum atomic E-state index is 13.3. The van der Waals surface area contributed by atoms with Gasteiger partial charge in [-0.3, -0.25) is 14.5 Å². The molecule has 0 aliphatic carbocycles. The molecule has 0 unspecified atom stereocenters. The topological polar surface area (TPSA) is 89.5 Å². The van der Waals surface area contributed by atoms with Gasteiger partial charge in [0.2, 0.25) is 11.8 Å². The van der Waals surface area contributed by atoms with Crippen LogP contribution in [-0.4, -0.2) is 48.5 Å². The van der Waals surface area contributed by atoms with E-state index in [0.29, 0.717) is 34.6 Å². The Hall–Kier alpha value is -3.98. The van der Waals surface area contributed by atoms with Crippen LogP contribution in [0.15, 0.2) is 77.8 Å². The van der Waals surface area contributed by atoms with Crippen LogP contribution in [0.5, 0.6) is 17.2 Å². The molecule has 8 nitrogen and oxygen atoms in total. The number of hydrogen-bond acceptors (Lipinski definition) is 7. The van der Waals surface area contributed by atoms with Crippen molar-refractivity contribution in [2.75, 3.05) is 26.6 Å². The zero-order chi connectivity index (χ0) is 25.5. The monoisotopic (exact) mass is 505 g/mol. The van der Waals surface area contributed by atoms with Crippen molar-refractivity contribution >= 4 is 40.1 Å². The normalized spacial score (nSPS) is 16.5. The Morgan fingerprint density at radius 2 is 1.42 bits per heavy atom. The Morgan fingerprint density at radius 3 is 1.97 bits per heavy atom. The van der Waals surface area contributed by atoms with Crippen LogP contribution in [0.2, 0.25) is 0 Å². The van der Waals surface area contributed by atoms with Crippen molar-refractivity contribution in [1.29, 1.82) is 0 Å². The zero-order valence-electron chi connectivity index (χ0n) is 20.3. The lowest BCUT2D eigenvalue weighted by Gasteiger charge is -2.32. The lowest BCUT2D eigenvalue weighted by molar-refractivity contribution is -0.129. The molecule has 0 bridgehead atoms. The summed E-state index contributed by atoms with van der Waals surface area (Å²) in [6.07, 6.45) is 0.0600. The fourth-order valence-electron chi connectivity index (χ4n) is 3.57. The Kier molecular flexibility index (Phi) is 8.12. The average molecular weight is 506 g/mol. The fraction of sp³-hybridized carbons (Fsp3) is 0.222. The number of amides is 2. The highest BCUT2D eigenvalue weighted by atomic mass is 32.2. The maximum Gasteiger partial charge on any atom is 0.238 e. The van der Waals surface area contributed by atoms with Gasteiger partial charge in [-0.2, -0.15) is 0 Å². The quantitative estimate of drug-likeness (QED) is 0.470. The number of nitrogens with zero attached hydrogens (tertiary/aromatic N) is 2. The van der Waals surface area contributed by atoms with E-state index < -0.39 is 5.25 Å². The molecule has 0 aromatic heterocycles. The molecule has 1 N–H and O–H groups in total. The molecule has 9 heteroatoms. The molecule has 1 aliphatic heterocycles. The van der Waals surface area contributed by atoms with Crippen molar-refractivity contribution in [3.8, 4) is 17.2 Å². The van der Waals surface area contributed by atoms with E-state index in [9.17, 15) is 9.59 Å². The molecular formula is C27H27N3O5S. The van der Waals surface area contributed by atoms with E-state index in [-0.39, 0.29) is 18.2 Å². The molecule has 4 rings (SSSR count). The summed E-state index contributed by atoms with van der Waals surface area (Å²) in [4.78, 5) is 32.7. The summed E-state index contributed by atoms with van der Waals surface area (Å²) in [5.74, 6) is 1.70. The Bertz CT molecular complexity index is 1230. The molecular weight excluding hydrogens is 478 g/mol. The van der Waals surface area contributed by atoms with Crippen LogP contribution >= 0.6 is 11.8 Å². The molecule has 186 valence electrons. The number of anilines is 1. The van der Waals surface area contributed by atoms with E-state index in [1.807, 2.05) is 36.4 Å². The lowest BCUT2D eigenvalue weighted by atomic mass is 10.2. The third kappa shape index (κ3) is 6.17. The van der Waals surface area contributed by atoms with E-state index in [4.69, 9.17) is 19.2 Å². The van der Waals surface area contributed by atoms with Gasteiger partial charge in [0, 0.05) is 12.1 Å². The molecule has 2 amide bonds. The van der Waals surface area contributed by atoms with Crippen LogP contribution in [-0.2, 0) is 16.1 Å². The number of nitrogens with one attached hydrogen (secondary N) is 1. The minimum atomic E-state index is -0.622. The van der Waals surface area contributed by atoms with Crippen LogP contribution in [0.4, 0.5) is 11.4 Å². The van der Waals surface area contributed by atoms with Gasteiger partial charge in [-0.25, -0.2) is 4.99 Å². The second-order valence-electron chi connectivity index (χ2n) is 7.95. The number of ether oxygens (including phenoxy) is 3. The first-order valence-electron chi connectivity index (χ1n) is 11.3. The van der Waals surface area contributed by atoms with Gasteiger partial charge in [-0.05, 0) is 66.2 Å². The third-order valence-corrected chi connectivity index (χ3v) is 6.77. The minimum Gasteiger partial charge on any atom is -0.497 e. The Morgan fingerprint density at radius 1 is 0.889 bits per heavy atom. The van der Waals surface area contributed by atoms with E-state index in [0.717, 1.165) is 11.3 Å². The van der Waals surface area contributed by atoms with Gasteiger partial charge in [-0.15, -0.1) is 0 Å². The minimum absolute atomic E-state index is 0.0600. The van der Waals surface area contributed by atoms with E-state index >= 15 is 0 Å². The van der Waals surface area contributed by atoms with Crippen LogP contribution in [0.3, 0.4) is 0 Å². The smallest absolute Gasteiger partial charge is 0.238 e. The Labute approximate surface area is 214 Å². The van der Waals surface area contributed by atoms with Gasteiger partial charge >= 0.3 is 0 Å².